The number of amides is 2. The van der Waals surface area contributed by atoms with Crippen molar-refractivity contribution in [2.45, 2.75) is 44.2 Å². The van der Waals surface area contributed by atoms with Crippen molar-refractivity contribution in [3.05, 3.63) is 136 Å². The van der Waals surface area contributed by atoms with Gasteiger partial charge in [-0.2, -0.15) is 0 Å². The van der Waals surface area contributed by atoms with Gasteiger partial charge in [0, 0.05) is 72.2 Å². The van der Waals surface area contributed by atoms with Crippen LogP contribution < -0.4 is 5.56 Å². The van der Waals surface area contributed by atoms with E-state index in [0.717, 1.165) is 33.8 Å². The van der Waals surface area contributed by atoms with Crippen LogP contribution in [0.4, 0.5) is 4.39 Å². The molecule has 2 fully saturated rings. The van der Waals surface area contributed by atoms with Crippen molar-refractivity contribution in [1.29, 1.82) is 0 Å². The maximum atomic E-state index is 15.2. The van der Waals surface area contributed by atoms with Crippen molar-refractivity contribution < 1.29 is 19.1 Å². The molecule has 0 radical (unpaired) electrons. The molecule has 2 aliphatic heterocycles. The molecule has 2 atom stereocenters. The third-order valence-corrected chi connectivity index (χ3v) is 11.8. The number of piperidine rings is 2. The summed E-state index contributed by atoms with van der Waals surface area (Å²) < 4.78 is 18.6. The average Bonchev–Trinajstić information content (AvgIpc) is 3.80. The molecule has 53 heavy (non-hydrogen) atoms. The van der Waals surface area contributed by atoms with Crippen LogP contribution in [0.15, 0.2) is 108 Å². The van der Waals surface area contributed by atoms with Gasteiger partial charge in [-0.25, -0.2) is 9.37 Å². The molecule has 6 aromatic rings. The van der Waals surface area contributed by atoms with Gasteiger partial charge in [-0.15, -0.1) is 11.3 Å². The Morgan fingerprint density at radius 2 is 1.68 bits per heavy atom. The van der Waals surface area contributed by atoms with Crippen molar-refractivity contribution in [2.75, 3.05) is 26.2 Å². The van der Waals surface area contributed by atoms with Crippen LogP contribution in [0, 0.1) is 18.7 Å². The fourth-order valence-electron chi connectivity index (χ4n) is 7.70. The van der Waals surface area contributed by atoms with Crippen LogP contribution in [0.25, 0.3) is 27.2 Å². The summed E-state index contributed by atoms with van der Waals surface area (Å²) in [6, 6.07) is 26.2. The summed E-state index contributed by atoms with van der Waals surface area (Å²) in [6.45, 7) is 3.22. The lowest BCUT2D eigenvalue weighted by molar-refractivity contribution is -0.142. The highest BCUT2D eigenvalue weighted by atomic mass is 32.1. The quantitative estimate of drug-likeness (QED) is 0.214. The van der Waals surface area contributed by atoms with Gasteiger partial charge in [0.2, 0.25) is 5.91 Å². The van der Waals surface area contributed by atoms with Gasteiger partial charge in [-0.3, -0.25) is 23.9 Å². The van der Waals surface area contributed by atoms with Gasteiger partial charge in [0.25, 0.3) is 11.5 Å². The summed E-state index contributed by atoms with van der Waals surface area (Å²) in [7, 11) is 0. The number of hydrogen-bond acceptors (Lipinski definition) is 7. The number of likely N-dealkylation sites (tertiary alicyclic amines) is 2. The zero-order valence-electron chi connectivity index (χ0n) is 29.3. The molecular formula is C41H39FN6O4S. The van der Waals surface area contributed by atoms with E-state index in [-0.39, 0.29) is 41.3 Å². The maximum Gasteiger partial charge on any atom is 0.266 e. The van der Waals surface area contributed by atoms with Crippen molar-refractivity contribution >= 4 is 34.2 Å². The number of halogens is 1. The maximum absolute atomic E-state index is 15.2. The minimum Gasteiger partial charge on any atom is -0.388 e. The molecule has 10 nitrogen and oxygen atoms in total. The third kappa shape index (κ3) is 6.80. The number of pyridine rings is 1. The SMILES string of the molecule is Cc1ccc(-c2cc(F)c(C(=O)N3CC[C@@H](C(=O)N4CCC(O)(Cn5cnc6c(ccn6-c6ccccc6)c5=O)CC4)[C@H](c4ccccc4)C3)s2)cn1. The second kappa shape index (κ2) is 14.2. The van der Waals surface area contributed by atoms with E-state index in [9.17, 15) is 19.5 Å². The number of benzene rings is 2. The Morgan fingerprint density at radius 3 is 2.40 bits per heavy atom. The number of hydrogen-bond donors (Lipinski definition) is 1. The first kappa shape index (κ1) is 34.6. The summed E-state index contributed by atoms with van der Waals surface area (Å²) in [5, 5.41) is 12.1. The molecular weight excluding hydrogens is 692 g/mol. The van der Waals surface area contributed by atoms with Crippen LogP contribution in [0.5, 0.6) is 0 Å². The zero-order valence-corrected chi connectivity index (χ0v) is 30.1. The summed E-state index contributed by atoms with van der Waals surface area (Å²) in [4.78, 5) is 54.5. The molecule has 2 aliphatic rings. The molecule has 0 unspecified atom stereocenters. The number of aryl methyl sites for hydroxylation is 1. The lowest BCUT2D eigenvalue weighted by atomic mass is 9.79. The molecule has 12 heteroatoms. The number of carbonyl (C=O) groups excluding carboxylic acids is 2. The first-order chi connectivity index (χ1) is 25.7. The number of fused-ring (bicyclic) bond motifs is 1. The highest BCUT2D eigenvalue weighted by Gasteiger charge is 2.42. The molecule has 0 aliphatic carbocycles. The van der Waals surface area contributed by atoms with Crippen molar-refractivity contribution in [1.82, 2.24) is 28.9 Å². The summed E-state index contributed by atoms with van der Waals surface area (Å²) in [5.74, 6) is -1.64. The largest absolute Gasteiger partial charge is 0.388 e. The van der Waals surface area contributed by atoms with Crippen molar-refractivity contribution in [2.24, 2.45) is 5.92 Å². The van der Waals surface area contributed by atoms with E-state index >= 15 is 4.39 Å². The number of nitrogens with zero attached hydrogens (tertiary/aromatic N) is 6. The molecule has 270 valence electrons. The summed E-state index contributed by atoms with van der Waals surface area (Å²) in [6.07, 6.45) is 6.02. The van der Waals surface area contributed by atoms with E-state index in [1.54, 1.807) is 22.1 Å². The van der Waals surface area contributed by atoms with E-state index in [4.69, 9.17) is 0 Å². The van der Waals surface area contributed by atoms with Crippen LogP contribution in [-0.2, 0) is 11.3 Å². The number of rotatable bonds is 7. The highest BCUT2D eigenvalue weighted by molar-refractivity contribution is 7.17. The predicted octanol–water partition coefficient (Wildman–Crippen LogP) is 6.06. The zero-order chi connectivity index (χ0) is 36.7. The molecule has 0 saturated carbocycles. The van der Waals surface area contributed by atoms with Crippen molar-refractivity contribution in [3.8, 4) is 16.1 Å². The Kier molecular flexibility index (Phi) is 9.25. The minimum absolute atomic E-state index is 0.0213. The summed E-state index contributed by atoms with van der Waals surface area (Å²) in [5.41, 5.74) is 2.58. The second-order valence-electron chi connectivity index (χ2n) is 14.1. The van der Waals surface area contributed by atoms with E-state index in [0.29, 0.717) is 54.8 Å². The Labute approximate surface area is 309 Å². The Morgan fingerprint density at radius 1 is 0.943 bits per heavy atom. The molecule has 2 saturated heterocycles. The molecule has 0 bridgehead atoms. The minimum atomic E-state index is -1.19. The number of para-hydroxylation sites is 1. The number of carbonyl (C=O) groups is 2. The Hall–Kier alpha value is -5.46. The molecule has 1 N–H and O–H groups in total. The van der Waals surface area contributed by atoms with Crippen LogP contribution >= 0.6 is 11.3 Å². The van der Waals surface area contributed by atoms with Crippen LogP contribution in [-0.4, -0.2) is 77.6 Å². The van der Waals surface area contributed by atoms with E-state index in [2.05, 4.69) is 9.97 Å². The standard InChI is InChI=1S/C41H39FN6O4S/c1-27-12-13-29(23-43-27)35-22-34(42)36(53-35)40(51)46-18-14-31(33(24-46)28-8-4-2-5-9-28)38(49)45-20-16-41(52,17-21-45)25-47-26-44-37-32(39(47)50)15-19-48(37)30-10-6-3-7-11-30/h2-13,15,19,22-23,26,31,33,52H,14,16-18,20-21,24-25H2,1H3/t31-,33+/m1/s1. The monoisotopic (exact) mass is 730 g/mol. The average molecular weight is 731 g/mol. The van der Waals surface area contributed by atoms with Gasteiger partial charge < -0.3 is 19.5 Å². The summed E-state index contributed by atoms with van der Waals surface area (Å²) >= 11 is 1.12. The molecule has 0 spiro atoms. The first-order valence-electron chi connectivity index (χ1n) is 17.9. The predicted molar refractivity (Wildman–Crippen MR) is 202 cm³/mol. The Balaban J connectivity index is 0.954. The fourth-order valence-corrected chi connectivity index (χ4v) is 8.69. The molecule has 2 amide bonds. The molecule has 2 aromatic carbocycles. The fraction of sp³-hybridized carbons (Fsp3) is 0.293. The number of aliphatic hydroxyl groups is 1. The molecule has 4 aromatic heterocycles. The third-order valence-electron chi connectivity index (χ3n) is 10.7. The van der Waals surface area contributed by atoms with Gasteiger partial charge in [0.1, 0.15) is 17.0 Å². The Bertz CT molecular complexity index is 2330. The van der Waals surface area contributed by atoms with Gasteiger partial charge in [0.15, 0.2) is 5.65 Å². The normalized spacial score (nSPS) is 18.7. The number of thiophene rings is 1. The van der Waals surface area contributed by atoms with Crippen LogP contribution in [0.1, 0.15) is 46.1 Å². The molecule has 8 rings (SSSR count). The number of aromatic nitrogens is 4. The van der Waals surface area contributed by atoms with E-state index in [1.807, 2.05) is 90.5 Å². The van der Waals surface area contributed by atoms with Gasteiger partial charge >= 0.3 is 0 Å². The van der Waals surface area contributed by atoms with E-state index < -0.39 is 17.3 Å². The second-order valence-corrected chi connectivity index (χ2v) is 15.2. The lowest BCUT2D eigenvalue weighted by Crippen LogP contribution is -2.53. The van der Waals surface area contributed by atoms with Gasteiger partial charge in [-0.05, 0) is 62.1 Å². The first-order valence-corrected chi connectivity index (χ1v) is 18.7. The van der Waals surface area contributed by atoms with Crippen LogP contribution in [0.2, 0.25) is 0 Å². The van der Waals surface area contributed by atoms with E-state index in [1.165, 1.54) is 17.0 Å². The highest BCUT2D eigenvalue weighted by Crippen LogP contribution is 2.38. The smallest absolute Gasteiger partial charge is 0.266 e. The topological polar surface area (TPSA) is 114 Å². The molecule has 6 heterocycles. The van der Waals surface area contributed by atoms with Gasteiger partial charge in [-0.1, -0.05) is 54.6 Å². The van der Waals surface area contributed by atoms with Crippen LogP contribution in [0.3, 0.4) is 0 Å². The lowest BCUT2D eigenvalue weighted by Gasteiger charge is -2.43. The van der Waals surface area contributed by atoms with Gasteiger partial charge in [0.05, 0.1) is 17.5 Å². The van der Waals surface area contributed by atoms with Crippen molar-refractivity contribution in [3.63, 3.8) is 0 Å².